The quantitative estimate of drug-likeness (QED) is 0.662. The van der Waals surface area contributed by atoms with E-state index >= 15 is 0 Å². The van der Waals surface area contributed by atoms with Crippen molar-refractivity contribution in [3.63, 3.8) is 0 Å². The van der Waals surface area contributed by atoms with Crippen LogP contribution in [0.25, 0.3) is 0 Å². The molecule has 2 aromatic rings. The first-order valence-electron chi connectivity index (χ1n) is 10.1. The molecule has 2 heterocycles. The third-order valence-corrected chi connectivity index (χ3v) is 6.17. The van der Waals surface area contributed by atoms with E-state index in [2.05, 4.69) is 15.5 Å². The maximum Gasteiger partial charge on any atom is 0.342 e. The number of benzene rings is 1. The van der Waals surface area contributed by atoms with Gasteiger partial charge in [0.2, 0.25) is 5.91 Å². The van der Waals surface area contributed by atoms with Gasteiger partial charge in [0, 0.05) is 36.3 Å². The van der Waals surface area contributed by atoms with Gasteiger partial charge in [0.05, 0.1) is 18.8 Å². The number of esters is 1. The Morgan fingerprint density at radius 1 is 1.10 bits per heavy atom. The van der Waals surface area contributed by atoms with Crippen LogP contribution in [0.3, 0.4) is 0 Å². The van der Waals surface area contributed by atoms with Crippen LogP contribution >= 0.6 is 11.3 Å². The smallest absolute Gasteiger partial charge is 0.342 e. The molecule has 0 aliphatic carbocycles. The van der Waals surface area contributed by atoms with Crippen molar-refractivity contribution in [3.05, 3.63) is 40.3 Å². The highest BCUT2D eigenvalue weighted by Gasteiger charge is 2.25. The van der Waals surface area contributed by atoms with E-state index in [0.717, 1.165) is 29.2 Å². The van der Waals surface area contributed by atoms with Crippen molar-refractivity contribution in [3.8, 4) is 0 Å². The molecule has 8 nitrogen and oxygen atoms in total. The molecule has 1 atom stereocenters. The van der Waals surface area contributed by atoms with Crippen molar-refractivity contribution in [2.45, 2.75) is 33.8 Å². The molecule has 2 amide bonds. The lowest BCUT2D eigenvalue weighted by Crippen LogP contribution is -2.36. The number of anilines is 3. The third kappa shape index (κ3) is 5.62. The molecule has 31 heavy (non-hydrogen) atoms. The van der Waals surface area contributed by atoms with Gasteiger partial charge in [0.1, 0.15) is 5.00 Å². The molecular formula is C22H27N3O5S. The van der Waals surface area contributed by atoms with Crippen molar-refractivity contribution in [1.82, 2.24) is 0 Å². The second-order valence-corrected chi connectivity index (χ2v) is 8.58. The highest BCUT2D eigenvalue weighted by molar-refractivity contribution is 7.16. The Hall–Kier alpha value is -2.91. The average molecular weight is 446 g/mol. The number of hydrogen-bond donors (Lipinski definition) is 2. The van der Waals surface area contributed by atoms with Crippen molar-refractivity contribution < 1.29 is 23.9 Å². The number of morpholine rings is 1. The van der Waals surface area contributed by atoms with E-state index in [0.29, 0.717) is 23.9 Å². The summed E-state index contributed by atoms with van der Waals surface area (Å²) in [4.78, 5) is 39.8. The second kappa shape index (κ2) is 9.93. The molecule has 0 unspecified atom stereocenters. The van der Waals surface area contributed by atoms with Crippen LogP contribution in [0.5, 0.6) is 0 Å². The van der Waals surface area contributed by atoms with Gasteiger partial charge in [0.25, 0.3) is 5.91 Å². The zero-order valence-corrected chi connectivity index (χ0v) is 18.9. The topological polar surface area (TPSA) is 97.0 Å². The molecule has 0 bridgehead atoms. The van der Waals surface area contributed by atoms with Gasteiger partial charge in [0.15, 0.2) is 6.10 Å². The lowest BCUT2D eigenvalue weighted by molar-refractivity contribution is -0.123. The zero-order valence-electron chi connectivity index (χ0n) is 18.1. The first-order chi connectivity index (χ1) is 14.8. The molecule has 1 aromatic carbocycles. The number of nitrogens with zero attached hydrogens (tertiary/aromatic N) is 1. The van der Waals surface area contributed by atoms with Gasteiger partial charge >= 0.3 is 5.97 Å². The highest BCUT2D eigenvalue weighted by atomic mass is 32.1. The Bertz CT molecular complexity index is 964. The van der Waals surface area contributed by atoms with Crippen LogP contribution in [0, 0.1) is 13.8 Å². The zero-order chi connectivity index (χ0) is 22.5. The SMILES string of the molecule is CC(=O)Nc1sc(C)c(C)c1C(=O)O[C@H](C)C(=O)Nc1ccc(N2CCOCC2)cc1. The monoisotopic (exact) mass is 445 g/mol. The van der Waals surface area contributed by atoms with E-state index < -0.39 is 18.0 Å². The minimum atomic E-state index is -1.00. The summed E-state index contributed by atoms with van der Waals surface area (Å²) in [5, 5.41) is 5.86. The van der Waals surface area contributed by atoms with Gasteiger partial charge in [-0.15, -0.1) is 11.3 Å². The summed E-state index contributed by atoms with van der Waals surface area (Å²) >= 11 is 1.30. The third-order valence-electron chi connectivity index (χ3n) is 5.04. The van der Waals surface area contributed by atoms with Crippen molar-refractivity contribution in [1.29, 1.82) is 0 Å². The lowest BCUT2D eigenvalue weighted by Gasteiger charge is -2.28. The Morgan fingerprint density at radius 2 is 1.74 bits per heavy atom. The van der Waals surface area contributed by atoms with Crippen LogP contribution in [0.15, 0.2) is 24.3 Å². The Kier molecular flexibility index (Phi) is 7.29. The fourth-order valence-electron chi connectivity index (χ4n) is 3.21. The standard InChI is InChI=1S/C22H27N3O5S/c1-13-15(3)31-21(23-16(4)26)19(13)22(28)30-14(2)20(27)24-17-5-7-18(8-6-17)25-9-11-29-12-10-25/h5-8,14H,9-12H2,1-4H3,(H,23,26)(H,24,27)/t14-/m1/s1. The van der Waals surface area contributed by atoms with E-state index in [1.165, 1.54) is 25.2 Å². The number of amides is 2. The molecule has 1 aromatic heterocycles. The van der Waals surface area contributed by atoms with Crippen molar-refractivity contribution >= 4 is 45.5 Å². The number of nitrogens with one attached hydrogen (secondary N) is 2. The van der Waals surface area contributed by atoms with Gasteiger partial charge in [-0.05, 0) is 50.6 Å². The van der Waals surface area contributed by atoms with Gasteiger partial charge in [-0.1, -0.05) is 0 Å². The van der Waals surface area contributed by atoms with Crippen LogP contribution in [0.4, 0.5) is 16.4 Å². The van der Waals surface area contributed by atoms with E-state index in [1.807, 2.05) is 31.2 Å². The Labute approximate surface area is 185 Å². The summed E-state index contributed by atoms with van der Waals surface area (Å²) in [6, 6.07) is 7.51. The molecule has 9 heteroatoms. The van der Waals surface area contributed by atoms with Crippen molar-refractivity contribution in [2.24, 2.45) is 0 Å². The maximum atomic E-state index is 12.7. The summed E-state index contributed by atoms with van der Waals surface area (Å²) in [6.07, 6.45) is -1.00. The first-order valence-corrected chi connectivity index (χ1v) is 10.9. The summed E-state index contributed by atoms with van der Waals surface area (Å²) in [5.74, 6) is -1.35. The average Bonchev–Trinajstić information content (AvgIpc) is 3.01. The Morgan fingerprint density at radius 3 is 2.35 bits per heavy atom. The van der Waals surface area contributed by atoms with Crippen LogP contribution in [-0.2, 0) is 19.1 Å². The molecular weight excluding hydrogens is 418 g/mol. The van der Waals surface area contributed by atoms with Crippen molar-refractivity contribution in [2.75, 3.05) is 41.8 Å². The number of carbonyl (C=O) groups excluding carboxylic acids is 3. The van der Waals surface area contributed by atoms with Crippen LogP contribution in [0.1, 0.15) is 34.6 Å². The molecule has 3 rings (SSSR count). The van der Waals surface area contributed by atoms with Crippen LogP contribution in [0.2, 0.25) is 0 Å². The highest BCUT2D eigenvalue weighted by Crippen LogP contribution is 2.33. The van der Waals surface area contributed by atoms with Gasteiger partial charge in [-0.25, -0.2) is 4.79 Å². The minimum absolute atomic E-state index is 0.276. The predicted molar refractivity (Wildman–Crippen MR) is 121 cm³/mol. The molecule has 2 N–H and O–H groups in total. The molecule has 1 aliphatic heterocycles. The molecule has 1 saturated heterocycles. The Balaban J connectivity index is 1.62. The first kappa shape index (κ1) is 22.8. The molecule has 0 saturated carbocycles. The number of ether oxygens (including phenoxy) is 2. The molecule has 1 fully saturated rings. The fourth-order valence-corrected chi connectivity index (χ4v) is 4.31. The van der Waals surface area contributed by atoms with Crippen LogP contribution < -0.4 is 15.5 Å². The van der Waals surface area contributed by atoms with E-state index in [-0.39, 0.29) is 11.5 Å². The van der Waals surface area contributed by atoms with Gasteiger partial charge in [-0.3, -0.25) is 9.59 Å². The molecule has 1 aliphatic rings. The molecule has 0 radical (unpaired) electrons. The van der Waals surface area contributed by atoms with Crippen LogP contribution in [-0.4, -0.2) is 50.2 Å². The molecule has 0 spiro atoms. The summed E-state index contributed by atoms with van der Waals surface area (Å²) < 4.78 is 10.8. The van der Waals surface area contributed by atoms with E-state index in [4.69, 9.17) is 9.47 Å². The second-order valence-electron chi connectivity index (χ2n) is 7.35. The number of carbonyl (C=O) groups is 3. The van der Waals surface area contributed by atoms with Gasteiger partial charge in [-0.2, -0.15) is 0 Å². The largest absolute Gasteiger partial charge is 0.449 e. The fraction of sp³-hybridized carbons (Fsp3) is 0.409. The van der Waals surface area contributed by atoms with E-state index in [9.17, 15) is 14.4 Å². The van der Waals surface area contributed by atoms with E-state index in [1.54, 1.807) is 6.92 Å². The number of hydrogen-bond acceptors (Lipinski definition) is 7. The normalized spacial score (nSPS) is 14.6. The lowest BCUT2D eigenvalue weighted by atomic mass is 10.1. The predicted octanol–water partition coefficient (Wildman–Crippen LogP) is 3.34. The molecule has 166 valence electrons. The summed E-state index contributed by atoms with van der Waals surface area (Å²) in [7, 11) is 0. The summed E-state index contributed by atoms with van der Waals surface area (Å²) in [6.45, 7) is 9.61. The minimum Gasteiger partial charge on any atom is -0.449 e. The number of rotatable bonds is 6. The number of aryl methyl sites for hydroxylation is 1. The number of thiophene rings is 1. The maximum absolute atomic E-state index is 12.7. The summed E-state index contributed by atoms with van der Waals surface area (Å²) in [5.41, 5.74) is 2.69. The van der Waals surface area contributed by atoms with Gasteiger partial charge < -0.3 is 25.0 Å².